The number of hydrogen-bond donors (Lipinski definition) is 1. The van der Waals surface area contributed by atoms with E-state index < -0.39 is 0 Å². The van der Waals surface area contributed by atoms with Gasteiger partial charge in [0.05, 0.1) is 11.7 Å². The fourth-order valence-electron chi connectivity index (χ4n) is 2.12. The molecule has 0 bridgehead atoms. The maximum atomic E-state index is 4.77. The minimum absolute atomic E-state index is 0.167. The third kappa shape index (κ3) is 3.07. The number of thiazole rings is 1. The van der Waals surface area contributed by atoms with Crippen molar-refractivity contribution in [2.75, 3.05) is 7.05 Å². The van der Waals surface area contributed by atoms with Gasteiger partial charge in [0.25, 0.3) is 0 Å². The molecule has 0 aliphatic rings. The van der Waals surface area contributed by atoms with Gasteiger partial charge in [-0.2, -0.15) is 0 Å². The highest BCUT2D eigenvalue weighted by Gasteiger charge is 2.18. The molecule has 4 heteroatoms. The summed E-state index contributed by atoms with van der Waals surface area (Å²) in [5.74, 6) is 0. The van der Waals surface area contributed by atoms with Gasteiger partial charge in [0, 0.05) is 9.35 Å². The summed E-state index contributed by atoms with van der Waals surface area (Å²) in [5, 5.41) is 4.52. The molecule has 0 aliphatic carbocycles. The Balaban J connectivity index is 2.40. The van der Waals surface area contributed by atoms with E-state index in [1.165, 1.54) is 21.7 Å². The molecule has 1 heterocycles. The van der Waals surface area contributed by atoms with E-state index in [4.69, 9.17) is 4.98 Å². The average Bonchev–Trinajstić information content (AvgIpc) is 2.75. The van der Waals surface area contributed by atoms with Crippen LogP contribution < -0.4 is 5.32 Å². The first-order valence-electron chi connectivity index (χ1n) is 6.46. The fraction of sp³-hybridized carbons (Fsp3) is 0.400. The Kier molecular flexibility index (Phi) is 4.76. The molecule has 0 amide bonds. The quantitative estimate of drug-likeness (QED) is 0.893. The summed E-state index contributed by atoms with van der Waals surface area (Å²) < 4.78 is 1.15. The summed E-state index contributed by atoms with van der Waals surface area (Å²) in [7, 11) is 1.99. The molecule has 102 valence electrons. The molecule has 0 fully saturated rings. The van der Waals surface area contributed by atoms with Gasteiger partial charge < -0.3 is 5.32 Å². The maximum absolute atomic E-state index is 4.77. The highest BCUT2D eigenvalue weighted by molar-refractivity contribution is 9.10. The molecule has 0 aliphatic heterocycles. The zero-order valence-corrected chi connectivity index (χ0v) is 14.2. The van der Waals surface area contributed by atoms with E-state index >= 15 is 0 Å². The first kappa shape index (κ1) is 14.7. The van der Waals surface area contributed by atoms with Crippen LogP contribution in [0.4, 0.5) is 0 Å². The second kappa shape index (κ2) is 6.16. The number of rotatable bonds is 4. The van der Waals surface area contributed by atoms with Gasteiger partial charge >= 0.3 is 0 Å². The second-order valence-electron chi connectivity index (χ2n) is 4.64. The Hall–Kier alpha value is -0.710. The number of aromatic nitrogens is 1. The lowest BCUT2D eigenvalue weighted by molar-refractivity contribution is 0.683. The van der Waals surface area contributed by atoms with Crippen molar-refractivity contribution in [2.45, 2.75) is 33.2 Å². The van der Waals surface area contributed by atoms with E-state index in [-0.39, 0.29) is 6.04 Å². The molecular formula is C15H19BrN2S. The van der Waals surface area contributed by atoms with Crippen LogP contribution in [0.3, 0.4) is 0 Å². The number of benzene rings is 1. The van der Waals surface area contributed by atoms with E-state index in [1.807, 2.05) is 7.05 Å². The summed E-state index contributed by atoms with van der Waals surface area (Å²) in [5.41, 5.74) is 3.71. The van der Waals surface area contributed by atoms with Crippen molar-refractivity contribution < 1.29 is 0 Å². The number of nitrogens with zero attached hydrogens (tertiary/aromatic N) is 1. The monoisotopic (exact) mass is 338 g/mol. The summed E-state index contributed by atoms with van der Waals surface area (Å²) in [6, 6.07) is 6.66. The topological polar surface area (TPSA) is 24.9 Å². The van der Waals surface area contributed by atoms with Gasteiger partial charge in [-0.05, 0) is 44.5 Å². The molecule has 1 aromatic carbocycles. The van der Waals surface area contributed by atoms with Crippen molar-refractivity contribution in [2.24, 2.45) is 0 Å². The normalized spacial score (nSPS) is 12.7. The van der Waals surface area contributed by atoms with Crippen LogP contribution in [0.1, 0.15) is 39.7 Å². The minimum Gasteiger partial charge on any atom is -0.307 e. The SMILES string of the molecule is CCc1nc(C(NC)c2ccc(C)c(Br)c2)sc1C. The molecule has 1 N–H and O–H groups in total. The molecule has 19 heavy (non-hydrogen) atoms. The van der Waals surface area contributed by atoms with Gasteiger partial charge in [-0.15, -0.1) is 11.3 Å². The summed E-state index contributed by atoms with van der Waals surface area (Å²) >= 11 is 5.39. The first-order valence-corrected chi connectivity index (χ1v) is 8.07. The van der Waals surface area contributed by atoms with Crippen molar-refractivity contribution >= 4 is 27.3 Å². The minimum atomic E-state index is 0.167. The Bertz CT molecular complexity index is 578. The molecule has 0 radical (unpaired) electrons. The molecule has 2 rings (SSSR count). The van der Waals surface area contributed by atoms with Crippen LogP contribution >= 0.6 is 27.3 Å². The zero-order valence-electron chi connectivity index (χ0n) is 11.7. The molecular weight excluding hydrogens is 320 g/mol. The molecule has 1 aromatic heterocycles. The Morgan fingerprint density at radius 2 is 2.11 bits per heavy atom. The van der Waals surface area contributed by atoms with E-state index in [9.17, 15) is 0 Å². The molecule has 1 unspecified atom stereocenters. The molecule has 0 saturated carbocycles. The van der Waals surface area contributed by atoms with Crippen molar-refractivity contribution in [3.05, 3.63) is 49.4 Å². The molecule has 2 aromatic rings. The number of halogens is 1. The maximum Gasteiger partial charge on any atom is 0.115 e. The number of hydrogen-bond acceptors (Lipinski definition) is 3. The smallest absolute Gasteiger partial charge is 0.115 e. The Morgan fingerprint density at radius 1 is 1.37 bits per heavy atom. The predicted octanol–water partition coefficient (Wildman–Crippen LogP) is 4.39. The van der Waals surface area contributed by atoms with Crippen molar-refractivity contribution in [3.8, 4) is 0 Å². The van der Waals surface area contributed by atoms with Crippen LogP contribution in [0.5, 0.6) is 0 Å². The average molecular weight is 339 g/mol. The van der Waals surface area contributed by atoms with Crippen LogP contribution in [0, 0.1) is 13.8 Å². The van der Waals surface area contributed by atoms with E-state index in [2.05, 4.69) is 60.2 Å². The predicted molar refractivity (Wildman–Crippen MR) is 86.0 cm³/mol. The lowest BCUT2D eigenvalue weighted by Gasteiger charge is -2.15. The highest BCUT2D eigenvalue weighted by atomic mass is 79.9. The summed E-state index contributed by atoms with van der Waals surface area (Å²) in [6.07, 6.45) is 0.996. The zero-order chi connectivity index (χ0) is 14.0. The molecule has 2 nitrogen and oxygen atoms in total. The van der Waals surface area contributed by atoms with Crippen LogP contribution in [0.15, 0.2) is 22.7 Å². The van der Waals surface area contributed by atoms with E-state index in [0.29, 0.717) is 0 Å². The fourth-order valence-corrected chi connectivity index (χ4v) is 3.67. The van der Waals surface area contributed by atoms with Gasteiger partial charge in [0.15, 0.2) is 0 Å². The lowest BCUT2D eigenvalue weighted by Crippen LogP contribution is -2.17. The van der Waals surface area contributed by atoms with Gasteiger partial charge in [-0.25, -0.2) is 4.98 Å². The number of nitrogens with one attached hydrogen (secondary N) is 1. The van der Waals surface area contributed by atoms with Crippen LogP contribution in [0.2, 0.25) is 0 Å². The van der Waals surface area contributed by atoms with E-state index in [0.717, 1.165) is 15.9 Å². The molecule has 0 spiro atoms. The summed E-state index contributed by atoms with van der Waals surface area (Å²) in [6.45, 7) is 6.41. The van der Waals surface area contributed by atoms with Crippen molar-refractivity contribution in [1.82, 2.24) is 10.3 Å². The van der Waals surface area contributed by atoms with Crippen molar-refractivity contribution in [1.29, 1.82) is 0 Å². The van der Waals surface area contributed by atoms with Gasteiger partial charge in [0.2, 0.25) is 0 Å². The third-order valence-corrected chi connectivity index (χ3v) is 5.24. The van der Waals surface area contributed by atoms with Gasteiger partial charge in [-0.3, -0.25) is 0 Å². The first-order chi connectivity index (χ1) is 9.06. The molecule has 1 atom stereocenters. The van der Waals surface area contributed by atoms with E-state index in [1.54, 1.807) is 11.3 Å². The highest BCUT2D eigenvalue weighted by Crippen LogP contribution is 2.30. The van der Waals surface area contributed by atoms with Crippen LogP contribution in [0.25, 0.3) is 0 Å². The van der Waals surface area contributed by atoms with Crippen LogP contribution in [-0.4, -0.2) is 12.0 Å². The Morgan fingerprint density at radius 3 is 2.63 bits per heavy atom. The van der Waals surface area contributed by atoms with Gasteiger partial charge in [-0.1, -0.05) is 35.0 Å². The summed E-state index contributed by atoms with van der Waals surface area (Å²) in [4.78, 5) is 6.09. The van der Waals surface area contributed by atoms with Crippen LogP contribution in [-0.2, 0) is 6.42 Å². The standard InChI is InChI=1S/C15H19BrN2S/c1-5-13-10(3)19-15(18-13)14(17-4)11-7-6-9(2)12(16)8-11/h6-8,14,17H,5H2,1-4H3. The second-order valence-corrected chi connectivity index (χ2v) is 6.73. The number of aryl methyl sites for hydroxylation is 3. The Labute approximate surface area is 127 Å². The molecule has 0 saturated heterocycles. The largest absolute Gasteiger partial charge is 0.307 e. The van der Waals surface area contributed by atoms with Crippen molar-refractivity contribution in [3.63, 3.8) is 0 Å². The third-order valence-electron chi connectivity index (χ3n) is 3.31. The lowest BCUT2D eigenvalue weighted by atomic mass is 10.1. The van der Waals surface area contributed by atoms with Gasteiger partial charge in [0.1, 0.15) is 5.01 Å².